The van der Waals surface area contributed by atoms with Crippen LogP contribution in [0.2, 0.25) is 21.1 Å². The lowest BCUT2D eigenvalue weighted by atomic mass is 9.82. The lowest BCUT2D eigenvalue weighted by molar-refractivity contribution is 0.660. The highest BCUT2D eigenvalue weighted by molar-refractivity contribution is 6.29. The molecule has 0 saturated heterocycles. The third-order valence-corrected chi connectivity index (χ3v) is 21.4. The standard InChI is InChI=1S/C27H16ClN3O.C27H18ClN3.C24H18ClN3.C23H14ClN3/c28-27-30-25(18-10-5-2-6-11-18)29-26(31-27)20-12-7-13-23-24(20)21-16-19(14-15-22(21)32-23)17-8-3-1-4-9-17;28-27-30-25(22-15-9-14-21(18-22)19-10-3-1-4-11-19)29-26(31-27)24-17-8-7-16-23(24)20-12-5-2-6-13-20;1-24(2)19-11-7-6-10-17(19)18-13-12-16(14-20(18)24)22-26-21(27-23(25)28-22)15-8-4-3-5-9-15;24-23-26-21(15-8-2-1-3-9-15)25-22(27-23)20-14-16-10-4-5-11-17(16)18-12-6-7-13-19(18)20/h1-16H;1-18H;3-14H,1-2H3;1-14H. The molecule has 5 aromatic heterocycles. The first-order chi connectivity index (χ1) is 57.9. The highest BCUT2D eigenvalue weighted by atomic mass is 35.5. The summed E-state index contributed by atoms with van der Waals surface area (Å²) in [6, 6.07) is 122. The fourth-order valence-corrected chi connectivity index (χ4v) is 15.7. The van der Waals surface area contributed by atoms with Crippen LogP contribution < -0.4 is 0 Å². The normalized spacial score (nSPS) is 11.7. The first kappa shape index (κ1) is 75.2. The highest BCUT2D eigenvalue weighted by Gasteiger charge is 2.36. The Bertz CT molecular complexity index is 7090. The molecule has 564 valence electrons. The number of nitrogens with zero attached hydrogens (tertiary/aromatic N) is 12. The van der Waals surface area contributed by atoms with Crippen molar-refractivity contribution in [2.24, 2.45) is 0 Å². The van der Waals surface area contributed by atoms with Crippen LogP contribution in [0.3, 0.4) is 0 Å². The summed E-state index contributed by atoms with van der Waals surface area (Å²) in [5.41, 5.74) is 20.6. The maximum Gasteiger partial charge on any atom is 0.226 e. The van der Waals surface area contributed by atoms with E-state index in [9.17, 15) is 0 Å². The summed E-state index contributed by atoms with van der Waals surface area (Å²) in [6.07, 6.45) is 0. The van der Waals surface area contributed by atoms with Gasteiger partial charge in [0.2, 0.25) is 21.1 Å². The minimum absolute atomic E-state index is 0.0684. The average Bonchev–Trinajstić information content (AvgIpc) is 1.55. The zero-order valence-corrected chi connectivity index (χ0v) is 66.5. The average molecular weight is 1610 g/mol. The van der Waals surface area contributed by atoms with E-state index in [-0.39, 0.29) is 26.5 Å². The molecule has 20 aromatic rings. The zero-order chi connectivity index (χ0) is 80.1. The van der Waals surface area contributed by atoms with Gasteiger partial charge >= 0.3 is 0 Å². The fourth-order valence-electron chi connectivity index (χ4n) is 15.1. The minimum atomic E-state index is -0.0684. The number of aromatic nitrogens is 12. The predicted octanol–water partition coefficient (Wildman–Crippen LogP) is 26.9. The lowest BCUT2D eigenvalue weighted by Gasteiger charge is -2.21. The molecular formula is C101H66Cl4N12O. The van der Waals surface area contributed by atoms with Crippen LogP contribution in [0, 0.1) is 0 Å². The van der Waals surface area contributed by atoms with Crippen molar-refractivity contribution in [1.29, 1.82) is 0 Å². The van der Waals surface area contributed by atoms with Crippen LogP contribution in [-0.4, -0.2) is 59.8 Å². The number of halogens is 4. The Morgan fingerprint density at radius 3 is 1.13 bits per heavy atom. The van der Waals surface area contributed by atoms with Crippen LogP contribution in [0.1, 0.15) is 25.0 Å². The number of hydrogen-bond donors (Lipinski definition) is 0. The molecule has 1 aliphatic rings. The SMILES string of the molecule is CC1(C)c2ccccc2-c2ccc(-c3nc(Cl)nc(-c4ccccc4)n3)cc21.Clc1nc(-c2cccc(-c3ccccc3)c2)nc(-c2ccccc2-c2ccccc2)n1.Clc1nc(-c2ccccc2)nc(-c2cc3ccccc3c3ccccc23)n1.Clc1nc(-c2ccccc2)nc(-c2cccc3oc4ccc(-c5ccccc5)cc4c23)n1. The van der Waals surface area contributed by atoms with Gasteiger partial charge in [-0.25, -0.2) is 19.9 Å². The first-order valence-corrected chi connectivity index (χ1v) is 39.7. The molecule has 0 bridgehead atoms. The highest BCUT2D eigenvalue weighted by Crippen LogP contribution is 2.50. The second kappa shape index (κ2) is 33.3. The number of fused-ring (bicyclic) bond motifs is 9. The number of furan rings is 1. The third-order valence-electron chi connectivity index (χ3n) is 20.7. The van der Waals surface area contributed by atoms with Gasteiger partial charge in [-0.05, 0) is 160 Å². The Hall–Kier alpha value is -14.2. The van der Waals surface area contributed by atoms with Crippen LogP contribution in [0.5, 0.6) is 0 Å². The van der Waals surface area contributed by atoms with Crippen molar-refractivity contribution >= 4 is 89.9 Å². The summed E-state index contributed by atoms with van der Waals surface area (Å²) in [6.45, 7) is 4.52. The summed E-state index contributed by atoms with van der Waals surface area (Å²) in [7, 11) is 0. The van der Waals surface area contributed by atoms with Gasteiger partial charge in [-0.15, -0.1) is 0 Å². The molecule has 21 rings (SSSR count). The quantitative estimate of drug-likeness (QED) is 0.112. The molecule has 13 nitrogen and oxygen atoms in total. The van der Waals surface area contributed by atoms with E-state index in [4.69, 9.17) is 65.8 Å². The summed E-state index contributed by atoms with van der Waals surface area (Å²) >= 11 is 25.1. The second-order valence-electron chi connectivity index (χ2n) is 28.4. The molecule has 0 radical (unpaired) electrons. The third kappa shape index (κ3) is 15.8. The van der Waals surface area contributed by atoms with Crippen LogP contribution in [0.15, 0.2) is 368 Å². The van der Waals surface area contributed by atoms with Gasteiger partial charge in [0.05, 0.1) is 0 Å². The van der Waals surface area contributed by atoms with Crippen LogP contribution in [0.4, 0.5) is 0 Å². The summed E-state index contributed by atoms with van der Waals surface area (Å²) in [5.74, 6) is 4.48. The van der Waals surface area contributed by atoms with Crippen molar-refractivity contribution in [1.82, 2.24) is 59.8 Å². The summed E-state index contributed by atoms with van der Waals surface area (Å²) < 4.78 is 6.15. The van der Waals surface area contributed by atoms with Crippen LogP contribution >= 0.6 is 46.4 Å². The fraction of sp³-hybridized carbons (Fsp3) is 0.0297. The topological polar surface area (TPSA) is 168 Å². The Morgan fingerprint density at radius 2 is 0.568 bits per heavy atom. The Kier molecular flexibility index (Phi) is 21.2. The van der Waals surface area contributed by atoms with E-state index in [1.807, 2.05) is 218 Å². The predicted molar refractivity (Wildman–Crippen MR) is 479 cm³/mol. The van der Waals surface area contributed by atoms with Crippen molar-refractivity contribution in [3.63, 3.8) is 0 Å². The second-order valence-corrected chi connectivity index (χ2v) is 29.8. The molecule has 0 atom stereocenters. The molecule has 0 amide bonds. The molecule has 0 fully saturated rings. The van der Waals surface area contributed by atoms with Gasteiger partial charge in [0.1, 0.15) is 11.2 Å². The molecule has 0 unspecified atom stereocenters. The van der Waals surface area contributed by atoms with E-state index < -0.39 is 0 Å². The molecule has 0 spiro atoms. The van der Waals surface area contributed by atoms with Crippen molar-refractivity contribution in [3.05, 3.63) is 396 Å². The largest absolute Gasteiger partial charge is 0.456 e. The van der Waals surface area contributed by atoms with E-state index in [1.165, 1.54) is 33.0 Å². The smallest absolute Gasteiger partial charge is 0.226 e. The van der Waals surface area contributed by atoms with E-state index in [0.29, 0.717) is 46.6 Å². The molecule has 0 aliphatic heterocycles. The first-order valence-electron chi connectivity index (χ1n) is 38.2. The molecule has 15 aromatic carbocycles. The number of benzene rings is 15. The lowest BCUT2D eigenvalue weighted by Crippen LogP contribution is -2.15. The Labute approximate surface area is 700 Å². The van der Waals surface area contributed by atoms with E-state index >= 15 is 0 Å². The molecule has 1 aliphatic carbocycles. The van der Waals surface area contributed by atoms with Gasteiger partial charge in [0.15, 0.2) is 46.6 Å². The number of hydrogen-bond acceptors (Lipinski definition) is 13. The van der Waals surface area contributed by atoms with E-state index in [1.54, 1.807) is 0 Å². The maximum absolute atomic E-state index is 6.34. The summed E-state index contributed by atoms with van der Waals surface area (Å²) in [5, 5.41) is 7.31. The van der Waals surface area contributed by atoms with Crippen LogP contribution in [0.25, 0.3) is 179 Å². The van der Waals surface area contributed by atoms with Gasteiger partial charge in [0, 0.05) is 60.7 Å². The molecular weight excluding hydrogens is 1540 g/mol. The van der Waals surface area contributed by atoms with E-state index in [0.717, 1.165) is 111 Å². The van der Waals surface area contributed by atoms with Gasteiger partial charge in [-0.1, -0.05) is 341 Å². The number of rotatable bonds is 11. The Morgan fingerprint density at radius 1 is 0.203 bits per heavy atom. The van der Waals surface area contributed by atoms with Gasteiger partial charge in [-0.3, -0.25) is 0 Å². The molecule has 0 N–H and O–H groups in total. The van der Waals surface area contributed by atoms with E-state index in [2.05, 4.69) is 204 Å². The Balaban J connectivity index is 0.000000109. The van der Waals surface area contributed by atoms with Crippen molar-refractivity contribution < 1.29 is 4.42 Å². The van der Waals surface area contributed by atoms with Crippen molar-refractivity contribution in [2.45, 2.75) is 19.3 Å². The zero-order valence-electron chi connectivity index (χ0n) is 63.4. The monoisotopic (exact) mass is 1600 g/mol. The van der Waals surface area contributed by atoms with Crippen LogP contribution in [-0.2, 0) is 5.41 Å². The van der Waals surface area contributed by atoms with Crippen molar-refractivity contribution in [3.8, 4) is 136 Å². The summed E-state index contributed by atoms with van der Waals surface area (Å²) in [4.78, 5) is 54.0. The molecule has 118 heavy (non-hydrogen) atoms. The van der Waals surface area contributed by atoms with Gasteiger partial charge in [-0.2, -0.15) is 39.9 Å². The van der Waals surface area contributed by atoms with Gasteiger partial charge < -0.3 is 4.42 Å². The minimum Gasteiger partial charge on any atom is -0.456 e. The maximum atomic E-state index is 6.34. The molecule has 0 saturated carbocycles. The van der Waals surface area contributed by atoms with Crippen molar-refractivity contribution in [2.75, 3.05) is 0 Å². The molecule has 17 heteroatoms. The molecule has 5 heterocycles. The van der Waals surface area contributed by atoms with Gasteiger partial charge in [0.25, 0.3) is 0 Å².